The Hall–Kier alpha value is -4.17. The van der Waals surface area contributed by atoms with E-state index in [-0.39, 0.29) is 0 Å². The molecule has 5 aromatic rings. The first-order valence-corrected chi connectivity index (χ1v) is 13.6. The highest BCUT2D eigenvalue weighted by molar-refractivity contribution is 5.96. The Kier molecular flexibility index (Phi) is 6.56. The minimum atomic E-state index is 0.600. The molecule has 8 nitrogen and oxygen atoms in total. The summed E-state index contributed by atoms with van der Waals surface area (Å²) >= 11 is 0. The first kappa shape index (κ1) is 25.1. The van der Waals surface area contributed by atoms with E-state index in [4.69, 9.17) is 14.5 Å². The Balaban J connectivity index is 1.38. The predicted molar refractivity (Wildman–Crippen MR) is 158 cm³/mol. The molecule has 2 aromatic carbocycles. The van der Waals surface area contributed by atoms with E-state index in [1.54, 1.807) is 12.5 Å². The Morgan fingerprint density at radius 3 is 2.31 bits per heavy atom. The summed E-state index contributed by atoms with van der Waals surface area (Å²) in [5.41, 5.74) is 9.32. The first-order valence-electron chi connectivity index (χ1n) is 13.6. The zero-order valence-electron chi connectivity index (χ0n) is 23.3. The fraction of sp³-hybridized carbons (Fsp3) is 0.323. The predicted octanol–water partition coefficient (Wildman–Crippen LogP) is 6.18. The number of hydrogen-bond acceptors (Lipinski definition) is 7. The molecule has 0 unspecified atom stereocenters. The number of piperazine rings is 1. The van der Waals surface area contributed by atoms with Crippen molar-refractivity contribution in [2.75, 3.05) is 36.4 Å². The van der Waals surface area contributed by atoms with E-state index < -0.39 is 0 Å². The lowest BCUT2D eigenvalue weighted by Crippen LogP contribution is -2.48. The molecule has 1 saturated heterocycles. The molecule has 0 spiro atoms. The second-order valence-electron chi connectivity index (χ2n) is 10.8. The molecule has 39 heavy (non-hydrogen) atoms. The van der Waals surface area contributed by atoms with Gasteiger partial charge in [-0.25, -0.2) is 9.97 Å². The van der Waals surface area contributed by atoms with E-state index in [1.165, 1.54) is 5.69 Å². The van der Waals surface area contributed by atoms with Crippen molar-refractivity contribution in [2.45, 2.75) is 33.7 Å². The van der Waals surface area contributed by atoms with Crippen LogP contribution in [0.1, 0.15) is 25.1 Å². The van der Waals surface area contributed by atoms with Crippen molar-refractivity contribution >= 4 is 28.2 Å². The number of nitrogens with one attached hydrogen (secondary N) is 1. The van der Waals surface area contributed by atoms with Gasteiger partial charge in [-0.15, -0.1) is 0 Å². The average molecular weight is 522 g/mol. The summed E-state index contributed by atoms with van der Waals surface area (Å²) < 4.78 is 7.20. The Morgan fingerprint density at radius 1 is 0.872 bits per heavy atom. The fourth-order valence-corrected chi connectivity index (χ4v) is 5.53. The molecule has 3 aromatic heterocycles. The molecule has 0 saturated carbocycles. The molecule has 0 atom stereocenters. The van der Waals surface area contributed by atoms with Crippen LogP contribution in [0.15, 0.2) is 65.5 Å². The minimum absolute atomic E-state index is 0.600. The van der Waals surface area contributed by atoms with Gasteiger partial charge in [0.1, 0.15) is 23.4 Å². The summed E-state index contributed by atoms with van der Waals surface area (Å²) in [5.74, 6) is 1.61. The monoisotopic (exact) mass is 521 g/mol. The van der Waals surface area contributed by atoms with Gasteiger partial charge in [0.2, 0.25) is 0 Å². The lowest BCUT2D eigenvalue weighted by molar-refractivity contribution is 0.209. The van der Waals surface area contributed by atoms with E-state index in [1.807, 2.05) is 14.0 Å². The standard InChI is InChI=1S/C31H35N7O/c1-20(2)37-10-12-38(13-11-37)26-8-6-23(7-9-26)24-16-27(34-29-15-21(3)14-22(4)33-29)30-28(17-24)36(5)31(35-30)25-18-32-39-19-25/h6-9,14-20H,10-13H2,1-5H3,(H,33,34). The van der Waals surface area contributed by atoms with Crippen LogP contribution < -0.4 is 10.2 Å². The highest BCUT2D eigenvalue weighted by Gasteiger charge is 2.20. The third-order valence-corrected chi connectivity index (χ3v) is 7.65. The Labute approximate surface area is 229 Å². The molecule has 4 heterocycles. The second kappa shape index (κ2) is 10.2. The van der Waals surface area contributed by atoms with Crippen LogP contribution in [0.25, 0.3) is 33.5 Å². The number of fused-ring (bicyclic) bond motifs is 1. The number of hydrogen-bond donors (Lipinski definition) is 1. The summed E-state index contributed by atoms with van der Waals surface area (Å²) in [7, 11) is 2.03. The molecule has 1 fully saturated rings. The number of benzene rings is 2. The van der Waals surface area contributed by atoms with Gasteiger partial charge in [0, 0.05) is 50.6 Å². The summed E-state index contributed by atoms with van der Waals surface area (Å²) in [5, 5.41) is 7.45. The van der Waals surface area contributed by atoms with Crippen LogP contribution in [0.5, 0.6) is 0 Å². The number of aromatic nitrogens is 4. The highest BCUT2D eigenvalue weighted by Crippen LogP contribution is 2.35. The quantitative estimate of drug-likeness (QED) is 0.286. The molecule has 0 amide bonds. The normalized spacial score (nSPS) is 14.5. The molecule has 6 rings (SSSR count). The topological polar surface area (TPSA) is 75.2 Å². The Morgan fingerprint density at radius 2 is 1.64 bits per heavy atom. The van der Waals surface area contributed by atoms with Crippen LogP contribution in [0.4, 0.5) is 17.2 Å². The smallest absolute Gasteiger partial charge is 0.145 e. The minimum Gasteiger partial charge on any atom is -0.369 e. The van der Waals surface area contributed by atoms with Gasteiger partial charge in [-0.05, 0) is 80.8 Å². The number of imidazole rings is 1. The SMILES string of the molecule is Cc1cc(C)nc(Nc2cc(-c3ccc(N4CCN(C(C)C)CC4)cc3)cc3c2nc(-c2cnoc2)n3C)c1. The van der Waals surface area contributed by atoms with Gasteiger partial charge in [0.05, 0.1) is 23.0 Å². The summed E-state index contributed by atoms with van der Waals surface area (Å²) in [6.45, 7) is 13.0. The molecule has 1 aliphatic heterocycles. The van der Waals surface area contributed by atoms with Gasteiger partial charge in [-0.3, -0.25) is 4.90 Å². The first-order chi connectivity index (χ1) is 18.9. The van der Waals surface area contributed by atoms with Crippen LogP contribution in [0.2, 0.25) is 0 Å². The maximum absolute atomic E-state index is 5.11. The van der Waals surface area contributed by atoms with Crippen LogP contribution in [-0.2, 0) is 7.05 Å². The maximum Gasteiger partial charge on any atom is 0.145 e. The molecule has 0 radical (unpaired) electrons. The van der Waals surface area contributed by atoms with Gasteiger partial charge < -0.3 is 19.3 Å². The van der Waals surface area contributed by atoms with Gasteiger partial charge in [0.25, 0.3) is 0 Å². The molecule has 0 aliphatic carbocycles. The van der Waals surface area contributed by atoms with Crippen molar-refractivity contribution in [1.82, 2.24) is 24.6 Å². The lowest BCUT2D eigenvalue weighted by atomic mass is 10.0. The molecule has 8 heteroatoms. The van der Waals surface area contributed by atoms with Gasteiger partial charge >= 0.3 is 0 Å². The van der Waals surface area contributed by atoms with Crippen molar-refractivity contribution in [3.8, 4) is 22.5 Å². The third kappa shape index (κ3) is 5.00. The summed E-state index contributed by atoms with van der Waals surface area (Å²) in [6, 6.07) is 18.0. The molecule has 1 N–H and O–H groups in total. The van der Waals surface area contributed by atoms with Gasteiger partial charge in [-0.2, -0.15) is 0 Å². The largest absolute Gasteiger partial charge is 0.369 e. The van der Waals surface area contributed by atoms with Crippen molar-refractivity contribution in [2.24, 2.45) is 7.05 Å². The summed E-state index contributed by atoms with van der Waals surface area (Å²) in [4.78, 5) is 14.7. The third-order valence-electron chi connectivity index (χ3n) is 7.65. The molecular weight excluding hydrogens is 486 g/mol. The number of aryl methyl sites for hydroxylation is 3. The highest BCUT2D eigenvalue weighted by atomic mass is 16.5. The number of pyridine rings is 1. The van der Waals surface area contributed by atoms with Crippen molar-refractivity contribution in [3.63, 3.8) is 0 Å². The molecule has 200 valence electrons. The Bertz CT molecular complexity index is 1570. The van der Waals surface area contributed by atoms with Crippen LogP contribution >= 0.6 is 0 Å². The summed E-state index contributed by atoms with van der Waals surface area (Å²) in [6.07, 6.45) is 3.32. The van der Waals surface area contributed by atoms with E-state index in [9.17, 15) is 0 Å². The number of nitrogens with zero attached hydrogens (tertiary/aromatic N) is 6. The van der Waals surface area contributed by atoms with Crippen molar-refractivity contribution in [1.29, 1.82) is 0 Å². The van der Waals surface area contributed by atoms with Crippen LogP contribution in [0.3, 0.4) is 0 Å². The molecule has 0 bridgehead atoms. The van der Waals surface area contributed by atoms with Gasteiger partial charge in [-0.1, -0.05) is 17.3 Å². The maximum atomic E-state index is 5.11. The molecular formula is C31H35N7O. The van der Waals surface area contributed by atoms with Gasteiger partial charge in [0.15, 0.2) is 0 Å². The van der Waals surface area contributed by atoms with E-state index >= 15 is 0 Å². The average Bonchev–Trinajstić information content (AvgIpc) is 3.57. The fourth-order valence-electron chi connectivity index (χ4n) is 5.53. The molecule has 1 aliphatic rings. The number of rotatable bonds is 6. The van der Waals surface area contributed by atoms with Crippen LogP contribution in [0, 0.1) is 13.8 Å². The van der Waals surface area contributed by atoms with Crippen molar-refractivity contribution < 1.29 is 4.52 Å². The van der Waals surface area contributed by atoms with Crippen molar-refractivity contribution in [3.05, 3.63) is 72.2 Å². The second-order valence-corrected chi connectivity index (χ2v) is 10.8. The number of anilines is 3. The van der Waals surface area contributed by atoms with E-state index in [0.29, 0.717) is 6.04 Å². The van der Waals surface area contributed by atoms with E-state index in [2.05, 4.69) is 94.1 Å². The van der Waals surface area contributed by atoms with E-state index in [0.717, 1.165) is 82.5 Å². The lowest BCUT2D eigenvalue weighted by Gasteiger charge is -2.38. The van der Waals surface area contributed by atoms with Crippen LogP contribution in [-0.4, -0.2) is 56.8 Å². The zero-order chi connectivity index (χ0) is 27.1. The zero-order valence-corrected chi connectivity index (χ0v) is 23.3.